The van der Waals surface area contributed by atoms with Crippen LogP contribution in [0.2, 0.25) is 0 Å². The Morgan fingerprint density at radius 1 is 1.00 bits per heavy atom. The Balaban J connectivity index is 1.81. The van der Waals surface area contributed by atoms with Gasteiger partial charge in [-0.05, 0) is 48.1 Å². The second-order valence-corrected chi connectivity index (χ2v) is 8.72. The van der Waals surface area contributed by atoms with Crippen LogP contribution in [0.1, 0.15) is 30.9 Å². The van der Waals surface area contributed by atoms with Gasteiger partial charge in [0.25, 0.3) is 5.91 Å². The predicted octanol–water partition coefficient (Wildman–Crippen LogP) is 3.56. The van der Waals surface area contributed by atoms with E-state index >= 15 is 0 Å². The summed E-state index contributed by atoms with van der Waals surface area (Å²) in [5.74, 6) is 0.352. The molecule has 1 saturated heterocycles. The number of ether oxygens (including phenoxy) is 4. The van der Waals surface area contributed by atoms with E-state index in [9.17, 15) is 9.59 Å². The third kappa shape index (κ3) is 7.01. The molecule has 0 spiro atoms. The van der Waals surface area contributed by atoms with Crippen molar-refractivity contribution in [2.75, 3.05) is 41.7 Å². The van der Waals surface area contributed by atoms with E-state index in [0.717, 1.165) is 40.2 Å². The van der Waals surface area contributed by atoms with Crippen LogP contribution >= 0.6 is 0 Å². The van der Waals surface area contributed by atoms with Crippen molar-refractivity contribution in [3.05, 3.63) is 47.5 Å². The molecule has 200 valence electrons. The monoisotopic (exact) mass is 512 g/mol. The maximum Gasteiger partial charge on any atom is 0.328 e. The topological polar surface area (TPSA) is 105 Å². The van der Waals surface area contributed by atoms with E-state index in [1.165, 1.54) is 14.2 Å². The van der Waals surface area contributed by atoms with Gasteiger partial charge in [0, 0.05) is 25.6 Å². The van der Waals surface area contributed by atoms with Crippen molar-refractivity contribution in [1.29, 1.82) is 0 Å². The number of amides is 1. The minimum Gasteiger partial charge on any atom is -0.496 e. The van der Waals surface area contributed by atoms with Crippen molar-refractivity contribution in [3.8, 4) is 22.6 Å². The van der Waals surface area contributed by atoms with Gasteiger partial charge in [-0.1, -0.05) is 36.3 Å². The zero-order valence-electron chi connectivity index (χ0n) is 22.2. The lowest BCUT2D eigenvalue weighted by Crippen LogP contribution is -2.47. The quantitative estimate of drug-likeness (QED) is 0.279. The molecule has 0 bridgehead atoms. The van der Waals surface area contributed by atoms with Gasteiger partial charge < -0.3 is 29.1 Å². The molecule has 1 aliphatic rings. The molecule has 3 rings (SSSR count). The highest BCUT2D eigenvalue weighted by Gasteiger charge is 2.30. The average molecular weight is 513 g/mol. The molecule has 1 amide bonds. The van der Waals surface area contributed by atoms with Crippen LogP contribution in [0.25, 0.3) is 11.1 Å². The Labute approximate surface area is 218 Å². The van der Waals surface area contributed by atoms with Gasteiger partial charge in [0.2, 0.25) is 0 Å². The molecule has 0 saturated carbocycles. The van der Waals surface area contributed by atoms with Crippen LogP contribution in [0.5, 0.6) is 11.5 Å². The van der Waals surface area contributed by atoms with Gasteiger partial charge in [0.1, 0.15) is 30.4 Å². The van der Waals surface area contributed by atoms with E-state index in [1.807, 2.05) is 36.4 Å². The number of benzene rings is 2. The lowest BCUT2D eigenvalue weighted by molar-refractivity contribution is -0.144. The van der Waals surface area contributed by atoms with Gasteiger partial charge >= 0.3 is 5.97 Å². The number of aryl methyl sites for hydroxylation is 1. The highest BCUT2D eigenvalue weighted by molar-refractivity contribution is 6.39. The molecule has 2 aromatic carbocycles. The Kier molecular flexibility index (Phi) is 10.3. The maximum absolute atomic E-state index is 13.1. The van der Waals surface area contributed by atoms with E-state index in [2.05, 4.69) is 17.4 Å². The normalized spacial score (nSPS) is 15.0. The van der Waals surface area contributed by atoms with Crippen LogP contribution in [0.15, 0.2) is 41.6 Å². The van der Waals surface area contributed by atoms with Crippen molar-refractivity contribution >= 4 is 17.6 Å². The number of hydrogen-bond donors (Lipinski definition) is 1. The molecule has 37 heavy (non-hydrogen) atoms. The number of methoxy groups -OCH3 is 3. The number of esters is 1. The second kappa shape index (κ2) is 13.6. The molecular formula is C28H36N2O7. The van der Waals surface area contributed by atoms with Gasteiger partial charge in [0.05, 0.1) is 26.9 Å². The molecule has 0 aromatic heterocycles. The zero-order chi connectivity index (χ0) is 26.8. The smallest absolute Gasteiger partial charge is 0.328 e. The first-order valence-electron chi connectivity index (χ1n) is 12.4. The number of carbonyl (C=O) groups is 2. The molecule has 9 heteroatoms. The van der Waals surface area contributed by atoms with Crippen LogP contribution in [-0.2, 0) is 36.7 Å². The molecule has 0 unspecified atom stereocenters. The summed E-state index contributed by atoms with van der Waals surface area (Å²) in [6.07, 6.45) is 2.42. The largest absolute Gasteiger partial charge is 0.496 e. The number of carbonyl (C=O) groups excluding carboxylic acids is 2. The molecule has 1 atom stereocenters. The summed E-state index contributed by atoms with van der Waals surface area (Å²) >= 11 is 0. The number of rotatable bonds is 11. The van der Waals surface area contributed by atoms with E-state index < -0.39 is 17.9 Å². The first kappa shape index (κ1) is 28.0. The Hall–Kier alpha value is -3.59. The molecular weight excluding hydrogens is 476 g/mol. The molecule has 0 aliphatic carbocycles. The fourth-order valence-corrected chi connectivity index (χ4v) is 4.44. The van der Waals surface area contributed by atoms with E-state index in [-0.39, 0.29) is 18.1 Å². The summed E-state index contributed by atoms with van der Waals surface area (Å²) in [6, 6.07) is 10.8. The van der Waals surface area contributed by atoms with E-state index in [4.69, 9.17) is 23.8 Å². The minimum atomic E-state index is -0.891. The van der Waals surface area contributed by atoms with E-state index in [0.29, 0.717) is 26.1 Å². The molecule has 1 heterocycles. The van der Waals surface area contributed by atoms with Crippen molar-refractivity contribution in [2.24, 2.45) is 11.1 Å². The summed E-state index contributed by atoms with van der Waals surface area (Å²) in [5.41, 5.74) is 3.97. The third-order valence-corrected chi connectivity index (χ3v) is 6.48. The number of nitrogens with one attached hydrogen (secondary N) is 1. The van der Waals surface area contributed by atoms with Crippen molar-refractivity contribution < 1.29 is 33.4 Å². The zero-order valence-corrected chi connectivity index (χ0v) is 22.2. The van der Waals surface area contributed by atoms with Crippen LogP contribution in [0.3, 0.4) is 0 Å². The van der Waals surface area contributed by atoms with Gasteiger partial charge in [-0.25, -0.2) is 4.79 Å². The Morgan fingerprint density at radius 3 is 2.14 bits per heavy atom. The molecule has 1 aliphatic heterocycles. The highest BCUT2D eigenvalue weighted by Crippen LogP contribution is 2.39. The molecule has 0 radical (unpaired) electrons. The lowest BCUT2D eigenvalue weighted by atomic mass is 9.93. The van der Waals surface area contributed by atoms with Gasteiger partial charge in [-0.2, -0.15) is 0 Å². The highest BCUT2D eigenvalue weighted by atomic mass is 16.6. The summed E-state index contributed by atoms with van der Waals surface area (Å²) in [6.45, 7) is 3.17. The molecule has 1 fully saturated rings. The average Bonchev–Trinajstić information content (AvgIpc) is 2.95. The van der Waals surface area contributed by atoms with Crippen LogP contribution in [0.4, 0.5) is 0 Å². The van der Waals surface area contributed by atoms with Crippen molar-refractivity contribution in [3.63, 3.8) is 0 Å². The third-order valence-electron chi connectivity index (χ3n) is 6.48. The minimum absolute atomic E-state index is 0.102. The summed E-state index contributed by atoms with van der Waals surface area (Å²) < 4.78 is 21.6. The number of nitrogens with zero attached hydrogens (tertiary/aromatic N) is 1. The number of oxime groups is 1. The standard InChI is InChI=1S/C28H36N2O7/c1-6-18-16-23(33-2)25(24(17-18)34-3)20-9-7-19(8-10-20)15-22(28(32)35-4)29-27(31)26(30-36-5)21-11-13-37-14-12-21/h7-10,16-17,21-22H,6,11-15H2,1-5H3,(H,29,31)/t22-/m0/s1. The van der Waals surface area contributed by atoms with Crippen LogP contribution < -0.4 is 14.8 Å². The summed E-state index contributed by atoms with van der Waals surface area (Å²) in [7, 11) is 5.96. The lowest BCUT2D eigenvalue weighted by Gasteiger charge is -2.24. The van der Waals surface area contributed by atoms with Gasteiger partial charge in [-0.3, -0.25) is 4.79 Å². The van der Waals surface area contributed by atoms with Crippen LogP contribution in [-0.4, -0.2) is 65.3 Å². The second-order valence-electron chi connectivity index (χ2n) is 8.72. The van der Waals surface area contributed by atoms with Crippen molar-refractivity contribution in [2.45, 2.75) is 38.6 Å². The number of hydrogen-bond acceptors (Lipinski definition) is 8. The fourth-order valence-electron chi connectivity index (χ4n) is 4.44. The molecule has 2 aromatic rings. The Morgan fingerprint density at radius 2 is 1.62 bits per heavy atom. The van der Waals surface area contributed by atoms with Crippen LogP contribution in [0, 0.1) is 5.92 Å². The van der Waals surface area contributed by atoms with Gasteiger partial charge in [0.15, 0.2) is 0 Å². The first-order valence-corrected chi connectivity index (χ1v) is 12.4. The maximum atomic E-state index is 13.1. The first-order chi connectivity index (χ1) is 17.9. The van der Waals surface area contributed by atoms with E-state index in [1.54, 1.807) is 14.2 Å². The van der Waals surface area contributed by atoms with Crippen molar-refractivity contribution in [1.82, 2.24) is 5.32 Å². The Bertz CT molecular complexity index is 1070. The molecule has 9 nitrogen and oxygen atoms in total. The van der Waals surface area contributed by atoms with Gasteiger partial charge in [-0.15, -0.1) is 0 Å². The molecule has 1 N–H and O–H groups in total. The summed E-state index contributed by atoms with van der Waals surface area (Å²) in [4.78, 5) is 30.6. The fraction of sp³-hybridized carbons (Fsp3) is 0.464. The predicted molar refractivity (Wildman–Crippen MR) is 140 cm³/mol. The summed E-state index contributed by atoms with van der Waals surface area (Å²) in [5, 5.41) is 6.75. The SMILES string of the molecule is CCc1cc(OC)c(-c2ccc(C[C@H](NC(=O)C(=NOC)C3CCOCC3)C(=O)OC)cc2)c(OC)c1.